The van der Waals surface area contributed by atoms with Crippen molar-refractivity contribution in [3.8, 4) is 0 Å². The molecule has 0 unspecified atom stereocenters. The third kappa shape index (κ3) is 0.971. The number of hydrogen-bond acceptors (Lipinski definition) is 3. The smallest absolute Gasteiger partial charge is 0.187 e. The Morgan fingerprint density at radius 3 is 1.88 bits per heavy atom. The van der Waals surface area contributed by atoms with Crippen molar-refractivity contribution in [2.75, 3.05) is 0 Å². The van der Waals surface area contributed by atoms with E-state index in [2.05, 4.69) is 9.35 Å². The van der Waals surface area contributed by atoms with Crippen LogP contribution in [-0.4, -0.2) is 9.51 Å². The normalized spacial score (nSPS) is 25.5. The number of alkyl halides is 1. The number of rotatable bonds is 1. The van der Waals surface area contributed by atoms with E-state index in [9.17, 15) is 0 Å². The molecule has 1 saturated heterocycles. The van der Waals surface area contributed by atoms with Crippen LogP contribution in [0.4, 0.5) is 0 Å². The van der Waals surface area contributed by atoms with Crippen molar-refractivity contribution in [2.24, 2.45) is 0 Å². The molecule has 0 radical (unpaired) electrons. The van der Waals surface area contributed by atoms with Crippen LogP contribution >= 0.6 is 19.5 Å². The summed E-state index contributed by atoms with van der Waals surface area (Å²) in [4.78, 5) is 9.00. The molecule has 5 heteroatoms. The molecule has 1 heterocycles. The minimum absolute atomic E-state index is 0.757. The maximum absolute atomic E-state index is 9.00. The fraction of sp³-hybridized carbons (Fsp3) is 1.00. The van der Waals surface area contributed by atoms with Gasteiger partial charge in [0.15, 0.2) is 0 Å². The van der Waals surface area contributed by atoms with Gasteiger partial charge in [0.05, 0.1) is 0 Å². The Bertz CT molecular complexity index is 102. The predicted molar refractivity (Wildman–Crippen MR) is 31.2 cm³/mol. The van der Waals surface area contributed by atoms with Crippen LogP contribution in [0.1, 0.15) is 13.8 Å². The third-order valence-corrected chi connectivity index (χ3v) is 3.30. The molecule has 0 atom stereocenters. The lowest BCUT2D eigenvalue weighted by atomic mass is 10.6. The van der Waals surface area contributed by atoms with E-state index in [0.29, 0.717) is 0 Å². The van der Waals surface area contributed by atoms with E-state index >= 15 is 0 Å². The molecule has 0 amide bonds. The Balaban J connectivity index is 2.58. The highest BCUT2D eigenvalue weighted by atomic mass is 35.5. The van der Waals surface area contributed by atoms with Crippen molar-refractivity contribution < 1.29 is 14.2 Å². The van der Waals surface area contributed by atoms with Crippen molar-refractivity contribution in [1.29, 1.82) is 0 Å². The predicted octanol–water partition coefficient (Wildman–Crippen LogP) is 1.68. The highest BCUT2D eigenvalue weighted by Gasteiger charge is 2.74. The molecule has 0 saturated carbocycles. The molecule has 3 nitrogen and oxygen atoms in total. The van der Waals surface area contributed by atoms with Gasteiger partial charge in [0.25, 0.3) is 0 Å². The van der Waals surface area contributed by atoms with Gasteiger partial charge in [-0.15, -0.1) is 0 Å². The molecule has 0 aliphatic carbocycles. The average molecular weight is 158 g/mol. The highest BCUT2D eigenvalue weighted by molar-refractivity contribution is 7.67. The summed E-state index contributed by atoms with van der Waals surface area (Å²) in [6.07, 6.45) is 0. The molecule has 0 spiro atoms. The van der Waals surface area contributed by atoms with Gasteiger partial charge in [-0.05, 0) is 13.8 Å². The van der Waals surface area contributed by atoms with Gasteiger partial charge in [-0.2, -0.15) is 4.89 Å². The van der Waals surface area contributed by atoms with E-state index in [1.165, 1.54) is 0 Å². The summed E-state index contributed by atoms with van der Waals surface area (Å²) in [5.41, 5.74) is 0. The monoisotopic (exact) mass is 157 g/mol. The van der Waals surface area contributed by atoms with E-state index in [1.807, 2.05) is 0 Å². The van der Waals surface area contributed by atoms with Crippen LogP contribution in [0.25, 0.3) is 0 Å². The lowest BCUT2D eigenvalue weighted by Gasteiger charge is -2.02. The molecule has 0 bridgehead atoms. The first kappa shape index (κ1) is 6.72. The van der Waals surface area contributed by atoms with E-state index < -0.39 is 12.6 Å². The lowest BCUT2D eigenvalue weighted by molar-refractivity contribution is 0.0850. The molecule has 48 valence electrons. The van der Waals surface area contributed by atoms with Crippen molar-refractivity contribution in [1.82, 2.24) is 0 Å². The lowest BCUT2D eigenvalue weighted by Crippen LogP contribution is -2.06. The highest BCUT2D eigenvalue weighted by Crippen LogP contribution is 2.81. The summed E-state index contributed by atoms with van der Waals surface area (Å²) in [6, 6.07) is 0. The van der Waals surface area contributed by atoms with E-state index in [1.54, 1.807) is 13.8 Å². The minimum Gasteiger partial charge on any atom is -0.187 e. The molecule has 1 aliphatic heterocycles. The molecule has 8 heavy (non-hydrogen) atoms. The zero-order valence-electron chi connectivity index (χ0n) is 4.59. The Kier molecular flexibility index (Phi) is 1.30. The van der Waals surface area contributed by atoms with E-state index in [4.69, 9.17) is 16.5 Å². The molecule has 0 aromatic rings. The first-order chi connectivity index (χ1) is 3.46. The summed E-state index contributed by atoms with van der Waals surface area (Å²) in [7, 11) is -2.58. The molecule has 1 rings (SSSR count). The van der Waals surface area contributed by atoms with Gasteiger partial charge in [0, 0.05) is 9.35 Å². The quantitative estimate of drug-likeness (QED) is 0.273. The average Bonchev–Trinajstić information content (AvgIpc) is 2.16. The first-order valence-electron chi connectivity index (χ1n) is 2.14. The summed E-state index contributed by atoms with van der Waals surface area (Å²) in [5, 5.41) is 0. The summed E-state index contributed by atoms with van der Waals surface area (Å²) in [5.74, 6) is 0. The van der Waals surface area contributed by atoms with Gasteiger partial charge < -0.3 is 0 Å². The fourth-order valence-corrected chi connectivity index (χ4v) is 0.985. The Hall–Kier alpha value is 0.600. The Morgan fingerprint density at radius 2 is 1.88 bits per heavy atom. The third-order valence-electron chi connectivity index (χ3n) is 0.888. The van der Waals surface area contributed by atoms with Crippen LogP contribution < -0.4 is 0 Å². The summed E-state index contributed by atoms with van der Waals surface area (Å²) < 4.78 is 7.83. The van der Waals surface area contributed by atoms with Gasteiger partial charge in [0.2, 0.25) is 4.62 Å². The van der Waals surface area contributed by atoms with Crippen LogP contribution in [0.5, 0.6) is 0 Å². The second-order valence-corrected chi connectivity index (χ2v) is 5.74. The van der Waals surface area contributed by atoms with Crippen LogP contribution in [0.2, 0.25) is 0 Å². The van der Waals surface area contributed by atoms with Crippen molar-refractivity contribution in [3.05, 3.63) is 0 Å². The zero-order chi connectivity index (χ0) is 6.41. The topological polar surface area (TPSA) is 45.3 Å². The molecule has 0 aromatic heterocycles. The van der Waals surface area contributed by atoms with Crippen molar-refractivity contribution in [2.45, 2.75) is 18.5 Å². The van der Waals surface area contributed by atoms with Crippen LogP contribution in [0.3, 0.4) is 0 Å². The second kappa shape index (κ2) is 1.55. The molecular weight excluding hydrogens is 150 g/mol. The van der Waals surface area contributed by atoms with E-state index in [-0.39, 0.29) is 0 Å². The van der Waals surface area contributed by atoms with Gasteiger partial charge in [-0.25, -0.2) is 0 Å². The maximum atomic E-state index is 9.00. The molecule has 1 N–H and O–H groups in total. The van der Waals surface area contributed by atoms with Crippen molar-refractivity contribution in [3.63, 3.8) is 0 Å². The van der Waals surface area contributed by atoms with Crippen LogP contribution in [0, 0.1) is 0 Å². The van der Waals surface area contributed by atoms with Gasteiger partial charge in [-0.3, -0.25) is 0 Å². The Morgan fingerprint density at radius 1 is 1.50 bits per heavy atom. The largest absolute Gasteiger partial charge is 0.515 e. The number of halogens is 1. The molecule has 1 aliphatic rings. The minimum atomic E-state index is -2.58. The van der Waals surface area contributed by atoms with Crippen LogP contribution in [0.15, 0.2) is 0 Å². The number of hydrogen-bond donors (Lipinski definition) is 1. The zero-order valence-corrected chi connectivity index (χ0v) is 6.24. The standard InChI is InChI=1S/C3H7ClO3P/c1-3(2,4)8(5)6-7-8/h5H,1-2H3/q+1. The maximum Gasteiger partial charge on any atom is 0.515 e. The van der Waals surface area contributed by atoms with Crippen LogP contribution in [-0.2, 0) is 9.35 Å². The SMILES string of the molecule is CC(C)(Cl)[P+]1(O)OO1. The van der Waals surface area contributed by atoms with Gasteiger partial charge in [0.1, 0.15) is 0 Å². The van der Waals surface area contributed by atoms with E-state index in [0.717, 1.165) is 0 Å². The Labute approximate surface area is 53.1 Å². The molecular formula is C3H7ClO3P+. The first-order valence-corrected chi connectivity index (χ1v) is 4.10. The second-order valence-electron chi connectivity index (χ2n) is 2.08. The molecule has 1 fully saturated rings. The summed E-state index contributed by atoms with van der Waals surface area (Å²) >= 11 is 5.62. The summed E-state index contributed by atoms with van der Waals surface area (Å²) in [6.45, 7) is 3.30. The van der Waals surface area contributed by atoms with Gasteiger partial charge in [-0.1, -0.05) is 11.6 Å². The van der Waals surface area contributed by atoms with Gasteiger partial charge >= 0.3 is 7.94 Å². The molecule has 0 aromatic carbocycles. The fourth-order valence-electron chi connectivity index (χ4n) is 0.209. The van der Waals surface area contributed by atoms with Crippen molar-refractivity contribution >= 4 is 19.5 Å².